The maximum atomic E-state index is 6.18. The van der Waals surface area contributed by atoms with Crippen molar-refractivity contribution >= 4 is 45.8 Å². The summed E-state index contributed by atoms with van der Waals surface area (Å²) in [6.07, 6.45) is 4.20. The van der Waals surface area contributed by atoms with Gasteiger partial charge in [0.1, 0.15) is 21.8 Å². The van der Waals surface area contributed by atoms with Crippen LogP contribution in [0.5, 0.6) is 11.5 Å². The van der Waals surface area contributed by atoms with Gasteiger partial charge in [-0.1, -0.05) is 23.7 Å². The number of ether oxygens (including phenoxy) is 2. The highest BCUT2D eigenvalue weighted by atomic mass is 127. The third-order valence-corrected chi connectivity index (χ3v) is 4.82. The highest BCUT2D eigenvalue weighted by Gasteiger charge is 2.18. The molecule has 8 heteroatoms. The Hall–Kier alpha value is -1.22. The van der Waals surface area contributed by atoms with Crippen molar-refractivity contribution in [2.75, 3.05) is 4.61 Å². The van der Waals surface area contributed by atoms with Crippen LogP contribution < -0.4 is 14.8 Å². The first-order valence-electron chi connectivity index (χ1n) is 8.47. The van der Waals surface area contributed by atoms with Crippen LogP contribution in [0.1, 0.15) is 23.4 Å². The van der Waals surface area contributed by atoms with Crippen LogP contribution in [0.3, 0.4) is 0 Å². The van der Waals surface area contributed by atoms with Crippen molar-refractivity contribution in [1.29, 1.82) is 0 Å². The Morgan fingerprint density at radius 1 is 1.30 bits per heavy atom. The number of hydrogen-bond acceptors (Lipinski definition) is 4. The number of alkyl halides is 2. The number of benzene rings is 1. The molecule has 0 radical (unpaired) electrons. The normalized spacial score (nSPS) is 16.7. The summed E-state index contributed by atoms with van der Waals surface area (Å²) < 4.78 is 12.1. The summed E-state index contributed by atoms with van der Waals surface area (Å²) in [6.45, 7) is 3.22. The van der Waals surface area contributed by atoms with Gasteiger partial charge in [0.15, 0.2) is 5.75 Å². The minimum atomic E-state index is -0.162. The number of aromatic amines is 1. The summed E-state index contributed by atoms with van der Waals surface area (Å²) >= 11 is 14.4. The molecule has 0 amide bonds. The molecule has 1 aliphatic rings. The van der Waals surface area contributed by atoms with E-state index in [9.17, 15) is 0 Å². The maximum Gasteiger partial charge on any atom is 0.171 e. The van der Waals surface area contributed by atoms with E-state index in [2.05, 4.69) is 38.1 Å². The molecule has 144 valence electrons. The Labute approximate surface area is 182 Å². The van der Waals surface area contributed by atoms with Crippen molar-refractivity contribution in [2.24, 2.45) is 0 Å². The largest absolute Gasteiger partial charge is 0.483 e. The fraction of sp³-hybridized carbons (Fsp3) is 0.316. The molecular weight excluding hydrogens is 500 g/mol. The van der Waals surface area contributed by atoms with Gasteiger partial charge in [-0.15, -0.1) is 11.6 Å². The molecule has 0 fully saturated rings. The topological polar surface area (TPSA) is 59.2 Å². The summed E-state index contributed by atoms with van der Waals surface area (Å²) in [4.78, 5) is 0. The SMILES string of the molecule is Cc1[nH]nc(CNCc2ccc(OCI)cc2)c1OC1=CC(Cl)=CC(Cl)C1. The van der Waals surface area contributed by atoms with E-state index < -0.39 is 0 Å². The van der Waals surface area contributed by atoms with Gasteiger partial charge in [0, 0.05) is 24.5 Å². The van der Waals surface area contributed by atoms with Crippen molar-refractivity contribution < 1.29 is 9.47 Å². The standard InChI is InChI=1S/C19H20Cl2IN3O2/c1-12-19(27-17-7-14(20)6-15(21)8-17)18(25-24-12)10-23-9-13-2-4-16(5-3-13)26-11-22/h2-7,15,23H,8-11H2,1H3,(H,24,25). The van der Waals surface area contributed by atoms with Gasteiger partial charge in [-0.3, -0.25) is 5.10 Å². The molecule has 0 saturated heterocycles. The predicted molar refractivity (Wildman–Crippen MR) is 117 cm³/mol. The molecule has 27 heavy (non-hydrogen) atoms. The molecule has 0 spiro atoms. The van der Waals surface area contributed by atoms with E-state index in [-0.39, 0.29) is 5.38 Å². The first kappa shape index (κ1) is 20.5. The van der Waals surface area contributed by atoms with E-state index in [0.717, 1.165) is 35.2 Å². The van der Waals surface area contributed by atoms with Gasteiger partial charge in [0.2, 0.25) is 0 Å². The number of allylic oxidation sites excluding steroid dienone is 4. The predicted octanol–water partition coefficient (Wildman–Crippen LogP) is 5.18. The van der Waals surface area contributed by atoms with Crippen LogP contribution in [-0.2, 0) is 13.1 Å². The Morgan fingerprint density at radius 3 is 2.78 bits per heavy atom. The quantitative estimate of drug-likeness (QED) is 0.373. The van der Waals surface area contributed by atoms with Gasteiger partial charge in [0.05, 0.1) is 11.1 Å². The number of aryl methyl sites for hydroxylation is 1. The number of nitrogens with zero attached hydrogens (tertiary/aromatic N) is 1. The molecule has 1 atom stereocenters. The third kappa shape index (κ3) is 5.88. The molecule has 1 unspecified atom stereocenters. The smallest absolute Gasteiger partial charge is 0.171 e. The van der Waals surface area contributed by atoms with Crippen LogP contribution >= 0.6 is 45.8 Å². The van der Waals surface area contributed by atoms with E-state index in [1.165, 1.54) is 5.56 Å². The van der Waals surface area contributed by atoms with E-state index in [4.69, 9.17) is 32.7 Å². The Kier molecular flexibility index (Phi) is 7.46. The molecule has 3 rings (SSSR count). The fourth-order valence-corrected chi connectivity index (χ4v) is 3.69. The molecule has 1 aromatic heterocycles. The number of hydrogen-bond donors (Lipinski definition) is 2. The zero-order valence-corrected chi connectivity index (χ0v) is 18.4. The lowest BCUT2D eigenvalue weighted by Crippen LogP contribution is -2.14. The molecule has 0 saturated carbocycles. The Morgan fingerprint density at radius 2 is 2.07 bits per heavy atom. The van der Waals surface area contributed by atoms with Crippen molar-refractivity contribution in [1.82, 2.24) is 15.5 Å². The number of H-pyrrole nitrogens is 1. The lowest BCUT2D eigenvalue weighted by atomic mass is 10.1. The van der Waals surface area contributed by atoms with Crippen molar-refractivity contribution in [2.45, 2.75) is 31.8 Å². The highest BCUT2D eigenvalue weighted by molar-refractivity contribution is 14.1. The maximum absolute atomic E-state index is 6.18. The van der Waals surface area contributed by atoms with Crippen LogP contribution in [0.4, 0.5) is 0 Å². The van der Waals surface area contributed by atoms with Crippen LogP contribution in [0.2, 0.25) is 0 Å². The minimum Gasteiger partial charge on any atom is -0.483 e. The summed E-state index contributed by atoms with van der Waals surface area (Å²) in [5.41, 5.74) is 2.85. The Bertz CT molecular complexity index is 834. The zero-order chi connectivity index (χ0) is 19.2. The molecule has 0 bridgehead atoms. The van der Waals surface area contributed by atoms with Crippen LogP contribution in [-0.4, -0.2) is 20.2 Å². The average Bonchev–Trinajstić information content (AvgIpc) is 2.96. The Balaban J connectivity index is 1.59. The zero-order valence-electron chi connectivity index (χ0n) is 14.8. The highest BCUT2D eigenvalue weighted by Crippen LogP contribution is 2.29. The van der Waals surface area contributed by atoms with E-state index in [1.54, 1.807) is 12.2 Å². The molecular formula is C19H20Cl2IN3O2. The molecule has 5 nitrogen and oxygen atoms in total. The average molecular weight is 520 g/mol. The van der Waals surface area contributed by atoms with Crippen molar-refractivity contribution in [3.8, 4) is 11.5 Å². The van der Waals surface area contributed by atoms with Gasteiger partial charge in [-0.25, -0.2) is 0 Å². The van der Waals surface area contributed by atoms with E-state index >= 15 is 0 Å². The van der Waals surface area contributed by atoms with Gasteiger partial charge in [-0.05, 0) is 59.4 Å². The minimum absolute atomic E-state index is 0.162. The fourth-order valence-electron chi connectivity index (χ4n) is 2.70. The molecule has 1 aromatic carbocycles. The van der Waals surface area contributed by atoms with Crippen LogP contribution in [0.25, 0.3) is 0 Å². The van der Waals surface area contributed by atoms with Crippen LogP contribution in [0.15, 0.2) is 47.2 Å². The number of aromatic nitrogens is 2. The van der Waals surface area contributed by atoms with Gasteiger partial charge < -0.3 is 14.8 Å². The summed E-state index contributed by atoms with van der Waals surface area (Å²) in [6, 6.07) is 8.03. The third-order valence-electron chi connectivity index (χ3n) is 4.00. The summed E-state index contributed by atoms with van der Waals surface area (Å²) in [5, 5.41) is 11.1. The second kappa shape index (κ2) is 9.82. The number of halogens is 3. The monoisotopic (exact) mass is 519 g/mol. The molecule has 1 heterocycles. The lowest BCUT2D eigenvalue weighted by molar-refractivity contribution is 0.394. The van der Waals surface area contributed by atoms with E-state index in [0.29, 0.717) is 22.6 Å². The molecule has 0 aliphatic heterocycles. The van der Waals surface area contributed by atoms with Crippen molar-refractivity contribution in [3.05, 3.63) is 64.2 Å². The summed E-state index contributed by atoms with van der Waals surface area (Å²) in [5.74, 6) is 2.33. The first-order chi connectivity index (χ1) is 13.0. The number of nitrogens with one attached hydrogen (secondary N) is 2. The second-order valence-corrected chi connectivity index (χ2v) is 7.73. The number of rotatable bonds is 8. The molecule has 1 aliphatic carbocycles. The van der Waals surface area contributed by atoms with Gasteiger partial charge in [-0.2, -0.15) is 5.10 Å². The van der Waals surface area contributed by atoms with Crippen molar-refractivity contribution in [3.63, 3.8) is 0 Å². The first-order valence-corrected chi connectivity index (χ1v) is 10.8. The van der Waals surface area contributed by atoms with Crippen LogP contribution in [0, 0.1) is 6.92 Å². The lowest BCUT2D eigenvalue weighted by Gasteiger charge is -2.16. The molecule has 2 aromatic rings. The van der Waals surface area contributed by atoms with Gasteiger partial charge >= 0.3 is 0 Å². The van der Waals surface area contributed by atoms with E-state index in [1.807, 2.05) is 31.2 Å². The molecule has 2 N–H and O–H groups in total. The summed E-state index contributed by atoms with van der Waals surface area (Å²) in [7, 11) is 0. The van der Waals surface area contributed by atoms with Gasteiger partial charge in [0.25, 0.3) is 0 Å². The second-order valence-electron chi connectivity index (χ2n) is 6.11.